The molecular weight excluding hydrogens is 461 g/mol. The fraction of sp³-hybridized carbons (Fsp3) is 0.435. The molecular formula is C23H30IN3O. The molecule has 2 heterocycles. The number of para-hydroxylation sites is 1. The lowest BCUT2D eigenvalue weighted by atomic mass is 9.72. The van der Waals surface area contributed by atoms with Gasteiger partial charge in [0, 0.05) is 44.5 Å². The Kier molecular flexibility index (Phi) is 6.99. The van der Waals surface area contributed by atoms with Crippen LogP contribution in [0.4, 0.5) is 5.69 Å². The Morgan fingerprint density at radius 3 is 2.57 bits per heavy atom. The summed E-state index contributed by atoms with van der Waals surface area (Å²) in [5.41, 5.74) is 5.59. The fourth-order valence-corrected chi connectivity index (χ4v) is 4.57. The SMILES string of the molecule is CN=C(NCC1(c2ccccc2C)CCOCC1)N1CCc2ccccc21.I. The van der Waals surface area contributed by atoms with E-state index < -0.39 is 0 Å². The van der Waals surface area contributed by atoms with Crippen molar-refractivity contribution in [1.82, 2.24) is 5.32 Å². The Morgan fingerprint density at radius 1 is 1.11 bits per heavy atom. The number of fused-ring (bicyclic) bond motifs is 1. The average Bonchev–Trinajstić information content (AvgIpc) is 3.14. The predicted octanol–water partition coefficient (Wildman–Crippen LogP) is 4.30. The smallest absolute Gasteiger partial charge is 0.198 e. The number of hydrogen-bond acceptors (Lipinski definition) is 2. The van der Waals surface area contributed by atoms with E-state index in [-0.39, 0.29) is 29.4 Å². The second-order valence-corrected chi connectivity index (χ2v) is 7.64. The molecule has 0 unspecified atom stereocenters. The van der Waals surface area contributed by atoms with E-state index in [1.807, 2.05) is 7.05 Å². The second kappa shape index (κ2) is 9.27. The molecule has 0 radical (unpaired) electrons. The van der Waals surface area contributed by atoms with Crippen molar-refractivity contribution in [1.29, 1.82) is 0 Å². The van der Waals surface area contributed by atoms with E-state index in [2.05, 4.69) is 70.7 Å². The Hall–Kier alpha value is -1.60. The number of guanidine groups is 1. The highest BCUT2D eigenvalue weighted by atomic mass is 127. The lowest BCUT2D eigenvalue weighted by Crippen LogP contribution is -2.49. The second-order valence-electron chi connectivity index (χ2n) is 7.64. The predicted molar refractivity (Wildman–Crippen MR) is 127 cm³/mol. The number of anilines is 1. The molecule has 4 rings (SSSR count). The maximum Gasteiger partial charge on any atom is 0.198 e. The van der Waals surface area contributed by atoms with E-state index >= 15 is 0 Å². The van der Waals surface area contributed by atoms with Crippen molar-refractivity contribution in [3.05, 3.63) is 65.2 Å². The number of benzene rings is 2. The lowest BCUT2D eigenvalue weighted by Gasteiger charge is -2.39. The maximum absolute atomic E-state index is 5.70. The molecule has 0 amide bonds. The number of hydrogen-bond donors (Lipinski definition) is 1. The van der Waals surface area contributed by atoms with Crippen LogP contribution in [-0.4, -0.2) is 39.3 Å². The van der Waals surface area contributed by atoms with Crippen molar-refractivity contribution in [2.75, 3.05) is 38.3 Å². The number of nitrogens with one attached hydrogen (secondary N) is 1. The van der Waals surface area contributed by atoms with Crippen LogP contribution in [0.15, 0.2) is 53.5 Å². The molecule has 0 saturated carbocycles. The summed E-state index contributed by atoms with van der Waals surface area (Å²) in [6, 6.07) is 17.4. The third-order valence-corrected chi connectivity index (χ3v) is 6.11. The van der Waals surface area contributed by atoms with Crippen LogP contribution in [0.5, 0.6) is 0 Å². The molecule has 0 bridgehead atoms. The molecule has 4 nitrogen and oxygen atoms in total. The van der Waals surface area contributed by atoms with Gasteiger partial charge in [0.25, 0.3) is 0 Å². The van der Waals surface area contributed by atoms with E-state index in [1.165, 1.54) is 22.4 Å². The van der Waals surface area contributed by atoms with Gasteiger partial charge in [-0.1, -0.05) is 42.5 Å². The number of nitrogens with zero attached hydrogens (tertiary/aromatic N) is 2. The highest BCUT2D eigenvalue weighted by molar-refractivity contribution is 14.0. The standard InChI is InChI=1S/C23H29N3O.HI/c1-18-7-3-5-9-20(18)23(12-15-27-16-13-23)17-25-22(24-2)26-14-11-19-8-4-6-10-21(19)26;/h3-10H,11-17H2,1-2H3,(H,24,25);1H. The first-order valence-electron chi connectivity index (χ1n) is 9.93. The summed E-state index contributed by atoms with van der Waals surface area (Å²) in [5.74, 6) is 0.972. The summed E-state index contributed by atoms with van der Waals surface area (Å²) >= 11 is 0. The number of aryl methyl sites for hydroxylation is 1. The highest BCUT2D eigenvalue weighted by Crippen LogP contribution is 2.36. The zero-order valence-corrected chi connectivity index (χ0v) is 19.1. The van der Waals surface area contributed by atoms with Gasteiger partial charge in [-0.25, -0.2) is 0 Å². The topological polar surface area (TPSA) is 36.9 Å². The first-order chi connectivity index (χ1) is 13.2. The summed E-state index contributed by atoms with van der Waals surface area (Å²) in [6.45, 7) is 5.73. The van der Waals surface area contributed by atoms with Gasteiger partial charge in [-0.3, -0.25) is 4.99 Å². The molecule has 5 heteroatoms. The van der Waals surface area contributed by atoms with E-state index in [9.17, 15) is 0 Å². The van der Waals surface area contributed by atoms with Crippen LogP contribution < -0.4 is 10.2 Å². The monoisotopic (exact) mass is 491 g/mol. The number of aliphatic imine (C=N–C) groups is 1. The zero-order valence-electron chi connectivity index (χ0n) is 16.8. The van der Waals surface area contributed by atoms with Crippen molar-refractivity contribution in [2.24, 2.45) is 4.99 Å². The normalized spacial score (nSPS) is 18.4. The third kappa shape index (κ3) is 4.06. The summed E-state index contributed by atoms with van der Waals surface area (Å²) in [4.78, 5) is 6.92. The molecule has 28 heavy (non-hydrogen) atoms. The Balaban J connectivity index is 0.00000225. The number of rotatable bonds is 3. The zero-order chi connectivity index (χ0) is 18.7. The fourth-order valence-electron chi connectivity index (χ4n) is 4.57. The lowest BCUT2D eigenvalue weighted by molar-refractivity contribution is 0.0512. The maximum atomic E-state index is 5.70. The Labute approximate surface area is 185 Å². The average molecular weight is 491 g/mol. The highest BCUT2D eigenvalue weighted by Gasteiger charge is 2.36. The van der Waals surface area contributed by atoms with Crippen molar-refractivity contribution in [3.8, 4) is 0 Å². The molecule has 1 N–H and O–H groups in total. The van der Waals surface area contributed by atoms with E-state index in [0.29, 0.717) is 0 Å². The minimum atomic E-state index is 0. The van der Waals surface area contributed by atoms with Gasteiger partial charge in [0.2, 0.25) is 0 Å². The summed E-state index contributed by atoms with van der Waals surface area (Å²) < 4.78 is 5.70. The summed E-state index contributed by atoms with van der Waals surface area (Å²) in [6.07, 6.45) is 3.16. The summed E-state index contributed by atoms with van der Waals surface area (Å²) in [7, 11) is 1.88. The van der Waals surface area contributed by atoms with Crippen molar-refractivity contribution < 1.29 is 4.74 Å². The molecule has 0 aliphatic carbocycles. The van der Waals surface area contributed by atoms with Gasteiger partial charge in [-0.05, 0) is 48.9 Å². The minimum Gasteiger partial charge on any atom is -0.381 e. The number of halogens is 1. The van der Waals surface area contributed by atoms with Crippen LogP contribution in [-0.2, 0) is 16.6 Å². The van der Waals surface area contributed by atoms with E-state index in [4.69, 9.17) is 4.74 Å². The first kappa shape index (κ1) is 21.1. The molecule has 2 aliphatic heterocycles. The van der Waals surface area contributed by atoms with Gasteiger partial charge in [0.05, 0.1) is 0 Å². The van der Waals surface area contributed by atoms with Gasteiger partial charge < -0.3 is 15.0 Å². The molecule has 2 aliphatic rings. The van der Waals surface area contributed by atoms with Crippen LogP contribution in [0, 0.1) is 6.92 Å². The van der Waals surface area contributed by atoms with Crippen molar-refractivity contribution in [3.63, 3.8) is 0 Å². The molecule has 0 spiro atoms. The minimum absolute atomic E-state index is 0. The van der Waals surface area contributed by atoms with Gasteiger partial charge in [0.15, 0.2) is 5.96 Å². The van der Waals surface area contributed by atoms with E-state index in [0.717, 1.165) is 51.5 Å². The quantitative estimate of drug-likeness (QED) is 0.395. The molecule has 150 valence electrons. The Morgan fingerprint density at radius 2 is 1.82 bits per heavy atom. The van der Waals surface area contributed by atoms with Gasteiger partial charge in [-0.2, -0.15) is 0 Å². The largest absolute Gasteiger partial charge is 0.381 e. The van der Waals surface area contributed by atoms with Gasteiger partial charge in [0.1, 0.15) is 0 Å². The van der Waals surface area contributed by atoms with Crippen molar-refractivity contribution >= 4 is 35.6 Å². The van der Waals surface area contributed by atoms with E-state index in [1.54, 1.807) is 0 Å². The number of ether oxygens (including phenoxy) is 1. The van der Waals surface area contributed by atoms with Crippen LogP contribution in [0.25, 0.3) is 0 Å². The molecule has 2 aromatic carbocycles. The Bertz CT molecular complexity index is 830. The summed E-state index contributed by atoms with van der Waals surface area (Å²) in [5, 5.41) is 3.71. The molecule has 0 aromatic heterocycles. The van der Waals surface area contributed by atoms with Crippen molar-refractivity contribution in [2.45, 2.75) is 31.6 Å². The first-order valence-corrected chi connectivity index (χ1v) is 9.93. The van der Waals surface area contributed by atoms with Crippen LogP contribution in [0.1, 0.15) is 29.5 Å². The molecule has 1 saturated heterocycles. The van der Waals surface area contributed by atoms with Gasteiger partial charge >= 0.3 is 0 Å². The third-order valence-electron chi connectivity index (χ3n) is 6.11. The molecule has 2 aromatic rings. The van der Waals surface area contributed by atoms with Crippen LogP contribution in [0.2, 0.25) is 0 Å². The van der Waals surface area contributed by atoms with Gasteiger partial charge in [-0.15, -0.1) is 24.0 Å². The van der Waals surface area contributed by atoms with Crippen LogP contribution in [0.3, 0.4) is 0 Å². The molecule has 0 atom stereocenters. The molecule has 1 fully saturated rings. The van der Waals surface area contributed by atoms with Crippen LogP contribution >= 0.6 is 24.0 Å².